The van der Waals surface area contributed by atoms with Gasteiger partial charge in [0.2, 0.25) is 5.41 Å². The molecule has 1 aliphatic rings. The second-order valence-electron chi connectivity index (χ2n) is 7.00. The summed E-state index contributed by atoms with van der Waals surface area (Å²) in [5, 5.41) is 57.2. The summed E-state index contributed by atoms with van der Waals surface area (Å²) in [5.74, 6) is -2.43. The molecule has 0 saturated heterocycles. The zero-order chi connectivity index (χ0) is 23.8. The van der Waals surface area contributed by atoms with E-state index in [1.807, 2.05) is 0 Å². The van der Waals surface area contributed by atoms with Crippen molar-refractivity contribution in [1.29, 1.82) is 0 Å². The van der Waals surface area contributed by atoms with Gasteiger partial charge in [-0.2, -0.15) is 26.3 Å². The Labute approximate surface area is 172 Å². The smallest absolute Gasteiger partial charge is 0.411 e. The van der Waals surface area contributed by atoms with Crippen molar-refractivity contribution >= 4 is 0 Å². The number of rotatable bonds is 6. The van der Waals surface area contributed by atoms with Crippen molar-refractivity contribution in [3.8, 4) is 5.75 Å². The van der Waals surface area contributed by atoms with E-state index in [2.05, 4.69) is 0 Å². The summed E-state index contributed by atoms with van der Waals surface area (Å²) in [5.41, 5.74) is -9.53. The third kappa shape index (κ3) is 4.05. The van der Waals surface area contributed by atoms with E-state index in [1.165, 1.54) is 0 Å². The molecule has 0 aromatic heterocycles. The Hall–Kier alpha value is -2.12. The predicted octanol–water partition coefficient (Wildman–Crippen LogP) is 1.57. The van der Waals surface area contributed by atoms with E-state index < -0.39 is 89.8 Å². The Morgan fingerprint density at radius 2 is 1.29 bits per heavy atom. The summed E-state index contributed by atoms with van der Waals surface area (Å²) in [6.07, 6.45) is -13.0. The van der Waals surface area contributed by atoms with E-state index in [1.54, 1.807) is 0 Å². The van der Waals surface area contributed by atoms with Gasteiger partial charge in [0.25, 0.3) is 0 Å². The van der Waals surface area contributed by atoms with Gasteiger partial charge in [0.15, 0.2) is 0 Å². The molecule has 12 heteroatoms. The van der Waals surface area contributed by atoms with Crippen LogP contribution in [-0.4, -0.2) is 62.3 Å². The van der Waals surface area contributed by atoms with Crippen molar-refractivity contribution < 1.29 is 57.0 Å². The van der Waals surface area contributed by atoms with Crippen LogP contribution in [0.25, 0.3) is 0 Å². The average molecular weight is 458 g/mol. The number of benzene rings is 1. The van der Waals surface area contributed by atoms with Crippen LogP contribution in [0.4, 0.5) is 26.3 Å². The van der Waals surface area contributed by atoms with Crippen molar-refractivity contribution in [2.45, 2.75) is 37.1 Å². The second-order valence-corrected chi connectivity index (χ2v) is 7.00. The molecule has 2 unspecified atom stereocenters. The highest BCUT2D eigenvalue weighted by Crippen LogP contribution is 2.58. The minimum atomic E-state index is -6.03. The maximum atomic E-state index is 14.3. The molecule has 1 aliphatic carbocycles. The fraction of sp³-hybridized carbons (Fsp3) is 0.474. The van der Waals surface area contributed by atoms with Gasteiger partial charge in [-0.1, -0.05) is 12.2 Å². The first-order valence-corrected chi connectivity index (χ1v) is 8.83. The largest absolute Gasteiger partial charge is 0.507 e. The van der Waals surface area contributed by atoms with Gasteiger partial charge in [-0.25, -0.2) is 0 Å². The number of allylic oxidation sites excluding steroid dienone is 2. The van der Waals surface area contributed by atoms with E-state index >= 15 is 0 Å². The van der Waals surface area contributed by atoms with Crippen molar-refractivity contribution in [2.75, 3.05) is 13.2 Å². The lowest BCUT2D eigenvalue weighted by Gasteiger charge is -2.41. The summed E-state index contributed by atoms with van der Waals surface area (Å²) in [6.45, 7) is -4.31. The lowest BCUT2D eigenvalue weighted by molar-refractivity contribution is -0.289. The van der Waals surface area contributed by atoms with Crippen molar-refractivity contribution in [1.82, 2.24) is 0 Å². The summed E-state index contributed by atoms with van der Waals surface area (Å²) in [7, 11) is 0. The first kappa shape index (κ1) is 25.1. The third-order valence-corrected chi connectivity index (χ3v) is 5.24. The van der Waals surface area contributed by atoms with Crippen LogP contribution >= 0.6 is 0 Å². The Bertz CT molecular complexity index is 835. The first-order valence-electron chi connectivity index (χ1n) is 8.83. The summed E-state index contributed by atoms with van der Waals surface area (Å²) in [6, 6.07) is 0.642. The fourth-order valence-electron chi connectivity index (χ4n) is 3.65. The molecule has 31 heavy (non-hydrogen) atoms. The number of aliphatic hydroxyl groups is 5. The topological polar surface area (TPSA) is 121 Å². The molecule has 174 valence electrons. The summed E-state index contributed by atoms with van der Waals surface area (Å²) < 4.78 is 85.8. The van der Waals surface area contributed by atoms with Gasteiger partial charge in [-0.15, -0.1) is 0 Å². The Morgan fingerprint density at radius 1 is 0.806 bits per heavy atom. The van der Waals surface area contributed by atoms with Gasteiger partial charge >= 0.3 is 12.4 Å². The summed E-state index contributed by atoms with van der Waals surface area (Å²) >= 11 is 0. The number of aliphatic hydroxyl groups excluding tert-OH is 5. The second kappa shape index (κ2) is 8.79. The van der Waals surface area contributed by atoms with Gasteiger partial charge in [-0.05, 0) is 28.8 Å². The highest BCUT2D eigenvalue weighted by atomic mass is 19.4. The number of hydrogen-bond donors (Lipinski definition) is 6. The van der Waals surface area contributed by atoms with Gasteiger partial charge in [0.1, 0.15) is 5.75 Å². The molecule has 1 aromatic rings. The number of halogens is 6. The highest BCUT2D eigenvalue weighted by Gasteiger charge is 2.73. The Morgan fingerprint density at radius 3 is 1.65 bits per heavy atom. The molecule has 0 saturated carbocycles. The van der Waals surface area contributed by atoms with Crippen molar-refractivity contribution in [2.24, 2.45) is 5.92 Å². The van der Waals surface area contributed by atoms with Gasteiger partial charge in [0, 0.05) is 17.0 Å². The van der Waals surface area contributed by atoms with Crippen LogP contribution in [0.15, 0.2) is 35.4 Å². The number of phenols is 1. The van der Waals surface area contributed by atoms with E-state index in [0.717, 1.165) is 0 Å². The Kier molecular flexibility index (Phi) is 7.13. The molecule has 1 aromatic carbocycles. The maximum absolute atomic E-state index is 14.3. The molecule has 0 spiro atoms. The van der Waals surface area contributed by atoms with Crippen LogP contribution in [0, 0.1) is 5.92 Å². The van der Waals surface area contributed by atoms with Crippen LogP contribution in [0.1, 0.15) is 16.7 Å². The van der Waals surface area contributed by atoms with E-state index in [4.69, 9.17) is 0 Å². The lowest BCUT2D eigenvalue weighted by Crippen LogP contribution is -2.56. The minimum Gasteiger partial charge on any atom is -0.507 e. The lowest BCUT2D eigenvalue weighted by atomic mass is 9.68. The first-order chi connectivity index (χ1) is 14.3. The van der Waals surface area contributed by atoms with Crippen LogP contribution in [0.3, 0.4) is 0 Å². The van der Waals surface area contributed by atoms with E-state index in [0.29, 0.717) is 24.3 Å². The highest BCUT2D eigenvalue weighted by molar-refractivity contribution is 5.54. The van der Waals surface area contributed by atoms with E-state index in [-0.39, 0.29) is 0 Å². The number of hydrogen-bond acceptors (Lipinski definition) is 6. The van der Waals surface area contributed by atoms with Gasteiger partial charge < -0.3 is 30.6 Å². The average Bonchev–Trinajstić information content (AvgIpc) is 2.67. The number of aromatic hydroxyl groups is 1. The standard InChI is InChI=1S/C19H20F6O6/c20-18(21,22)17(19(23,24)25,13-1-9(5-26)15(30)10(2-13)6-27)14-3-11(7-28)16(31)12(4-14)8-29/h1-4,9,15,26-31H,5-8H2. The molecular weight excluding hydrogens is 438 g/mol. The molecule has 0 amide bonds. The molecule has 0 aliphatic heterocycles. The van der Waals surface area contributed by atoms with Gasteiger partial charge in [0.05, 0.1) is 32.5 Å². The zero-order valence-corrected chi connectivity index (χ0v) is 15.7. The summed E-state index contributed by atoms with van der Waals surface area (Å²) in [4.78, 5) is 0. The van der Waals surface area contributed by atoms with Crippen LogP contribution in [0.5, 0.6) is 5.75 Å². The Balaban J connectivity index is 3.02. The molecule has 2 rings (SSSR count). The van der Waals surface area contributed by atoms with Crippen molar-refractivity contribution in [3.05, 3.63) is 52.1 Å². The molecule has 6 N–H and O–H groups in total. The molecule has 2 atom stereocenters. The molecule has 0 radical (unpaired) electrons. The quantitative estimate of drug-likeness (QED) is 0.360. The maximum Gasteiger partial charge on any atom is 0.411 e. The minimum absolute atomic E-state index is 0.321. The zero-order valence-electron chi connectivity index (χ0n) is 15.7. The monoisotopic (exact) mass is 458 g/mol. The third-order valence-electron chi connectivity index (χ3n) is 5.24. The molecule has 0 bridgehead atoms. The van der Waals surface area contributed by atoms with Crippen molar-refractivity contribution in [3.63, 3.8) is 0 Å². The molecule has 6 nitrogen and oxygen atoms in total. The predicted molar refractivity (Wildman–Crippen MR) is 93.6 cm³/mol. The van der Waals surface area contributed by atoms with E-state index in [9.17, 15) is 57.0 Å². The molecule has 0 heterocycles. The van der Waals surface area contributed by atoms with Crippen LogP contribution in [-0.2, 0) is 18.6 Å². The SMILES string of the molecule is OCC1=CC(C(c2cc(CO)c(O)c(CO)c2)(C(F)(F)F)C(F)(F)F)=CC(CO)C1O. The normalized spacial score (nSPS) is 20.5. The van der Waals surface area contributed by atoms with Crippen LogP contribution in [0.2, 0.25) is 0 Å². The molecular formula is C19H20F6O6. The number of alkyl halides is 6. The fourth-order valence-corrected chi connectivity index (χ4v) is 3.65. The van der Waals surface area contributed by atoms with Crippen LogP contribution < -0.4 is 0 Å². The van der Waals surface area contributed by atoms with Gasteiger partial charge in [-0.3, -0.25) is 0 Å². The molecule has 0 fully saturated rings.